The summed E-state index contributed by atoms with van der Waals surface area (Å²) < 4.78 is 10.2. The summed E-state index contributed by atoms with van der Waals surface area (Å²) in [7, 11) is 0. The average Bonchev–Trinajstić information content (AvgIpc) is 2.50. The Morgan fingerprint density at radius 2 is 2.55 bits per heavy atom. The minimum absolute atomic E-state index is 0.0522. The molecule has 0 amide bonds. The van der Waals surface area contributed by atoms with E-state index in [0.717, 1.165) is 0 Å². The number of rotatable bonds is 3. The third-order valence-electron chi connectivity index (χ3n) is 1.66. The maximum absolute atomic E-state index is 8.71. The van der Waals surface area contributed by atoms with Crippen LogP contribution >= 0.6 is 0 Å². The van der Waals surface area contributed by atoms with E-state index < -0.39 is 5.60 Å². The predicted molar refractivity (Wildman–Crippen MR) is 36.8 cm³/mol. The summed E-state index contributed by atoms with van der Waals surface area (Å²) in [6.07, 6.45) is 0.601. The minimum atomic E-state index is -0.789. The molecular weight excluding hydrogens is 146 g/mol. The molecule has 0 aromatic rings. The Balaban J connectivity index is 2.41. The van der Waals surface area contributed by atoms with Crippen molar-refractivity contribution < 1.29 is 14.6 Å². The van der Waals surface area contributed by atoms with Crippen molar-refractivity contribution >= 4 is 0 Å². The van der Waals surface area contributed by atoms with E-state index >= 15 is 0 Å². The highest BCUT2D eigenvalue weighted by molar-refractivity contribution is 5.04. The molecule has 0 spiro atoms. The molecule has 1 aliphatic heterocycles. The van der Waals surface area contributed by atoms with Gasteiger partial charge in [0.2, 0.25) is 0 Å². The lowest BCUT2D eigenvalue weighted by atomic mass is 10.1. The lowest BCUT2D eigenvalue weighted by Gasteiger charge is -2.17. The van der Waals surface area contributed by atoms with E-state index in [1.807, 2.05) is 0 Å². The van der Waals surface area contributed by atoms with Gasteiger partial charge in [-0.25, -0.2) is 0 Å². The van der Waals surface area contributed by atoms with Crippen LogP contribution in [0.3, 0.4) is 0 Å². The number of hydrogen-bond acceptors (Lipinski definition) is 4. The van der Waals surface area contributed by atoms with Crippen LogP contribution in [0.25, 0.3) is 0 Å². The van der Waals surface area contributed by atoms with Crippen molar-refractivity contribution in [3.63, 3.8) is 0 Å². The Morgan fingerprint density at radius 3 is 3.00 bits per heavy atom. The van der Waals surface area contributed by atoms with E-state index in [1.165, 1.54) is 0 Å². The SMILES string of the molecule is N#CC1(OCCO)CCOC1. The first-order valence-electron chi connectivity index (χ1n) is 3.57. The maximum Gasteiger partial charge on any atom is 0.179 e. The van der Waals surface area contributed by atoms with Gasteiger partial charge in [-0.05, 0) is 0 Å². The van der Waals surface area contributed by atoms with Crippen LogP contribution in [-0.4, -0.2) is 37.1 Å². The first-order valence-corrected chi connectivity index (χ1v) is 3.57. The molecule has 1 rings (SSSR count). The topological polar surface area (TPSA) is 62.5 Å². The van der Waals surface area contributed by atoms with Gasteiger partial charge in [0.25, 0.3) is 0 Å². The summed E-state index contributed by atoms with van der Waals surface area (Å²) in [5.74, 6) is 0. The highest BCUT2D eigenvalue weighted by atomic mass is 16.6. The van der Waals surface area contributed by atoms with Gasteiger partial charge in [-0.15, -0.1) is 0 Å². The standard InChI is InChI=1S/C7H11NO3/c8-5-7(11-4-2-9)1-3-10-6-7/h9H,1-4,6H2. The molecule has 0 aromatic heterocycles. The number of nitriles is 1. The largest absolute Gasteiger partial charge is 0.394 e. The molecule has 11 heavy (non-hydrogen) atoms. The summed E-state index contributed by atoms with van der Waals surface area (Å²) in [4.78, 5) is 0. The van der Waals surface area contributed by atoms with Gasteiger partial charge in [0.1, 0.15) is 6.07 Å². The fraction of sp³-hybridized carbons (Fsp3) is 0.857. The Kier molecular flexibility index (Phi) is 2.83. The van der Waals surface area contributed by atoms with E-state index in [9.17, 15) is 0 Å². The monoisotopic (exact) mass is 157 g/mol. The summed E-state index contributed by atoms with van der Waals surface area (Å²) >= 11 is 0. The Morgan fingerprint density at radius 1 is 1.73 bits per heavy atom. The van der Waals surface area contributed by atoms with Crippen molar-refractivity contribution in [1.82, 2.24) is 0 Å². The van der Waals surface area contributed by atoms with Gasteiger partial charge in [-0.3, -0.25) is 0 Å². The van der Waals surface area contributed by atoms with E-state index in [4.69, 9.17) is 19.8 Å². The lowest BCUT2D eigenvalue weighted by Crippen LogP contribution is -2.32. The molecule has 0 aromatic carbocycles. The fourth-order valence-corrected chi connectivity index (χ4v) is 1.02. The summed E-state index contributed by atoms with van der Waals surface area (Å²) in [5.41, 5.74) is -0.789. The Bertz CT molecular complexity index is 158. The first kappa shape index (κ1) is 8.47. The van der Waals surface area contributed by atoms with Crippen molar-refractivity contribution in [1.29, 1.82) is 5.26 Å². The molecule has 1 N–H and O–H groups in total. The molecule has 4 nitrogen and oxygen atoms in total. The summed E-state index contributed by atoms with van der Waals surface area (Å²) in [5, 5.41) is 17.2. The molecular formula is C7H11NO3. The van der Waals surface area contributed by atoms with Crippen molar-refractivity contribution in [3.8, 4) is 6.07 Å². The van der Waals surface area contributed by atoms with Crippen LogP contribution in [0.15, 0.2) is 0 Å². The third kappa shape index (κ3) is 1.90. The van der Waals surface area contributed by atoms with Crippen LogP contribution in [0.4, 0.5) is 0 Å². The van der Waals surface area contributed by atoms with Crippen LogP contribution < -0.4 is 0 Å². The number of hydrogen-bond donors (Lipinski definition) is 1. The van der Waals surface area contributed by atoms with E-state index in [1.54, 1.807) is 0 Å². The quantitative estimate of drug-likeness (QED) is 0.609. The second-order valence-corrected chi connectivity index (χ2v) is 2.48. The third-order valence-corrected chi connectivity index (χ3v) is 1.66. The van der Waals surface area contributed by atoms with Gasteiger partial charge >= 0.3 is 0 Å². The molecule has 1 heterocycles. The predicted octanol–water partition coefficient (Wildman–Crippen LogP) is -0.322. The van der Waals surface area contributed by atoms with Crippen molar-refractivity contribution in [2.75, 3.05) is 26.4 Å². The molecule has 0 bridgehead atoms. The molecule has 1 aliphatic rings. The normalized spacial score (nSPS) is 30.2. The van der Waals surface area contributed by atoms with Crippen LogP contribution in [0.5, 0.6) is 0 Å². The number of aliphatic hydroxyl groups excluding tert-OH is 1. The van der Waals surface area contributed by atoms with Gasteiger partial charge in [-0.1, -0.05) is 0 Å². The summed E-state index contributed by atoms with van der Waals surface area (Å²) in [6.45, 7) is 1.04. The molecule has 1 unspecified atom stereocenters. The number of nitrogens with zero attached hydrogens (tertiary/aromatic N) is 1. The number of aliphatic hydroxyl groups is 1. The van der Waals surface area contributed by atoms with Gasteiger partial charge in [0.05, 0.1) is 26.4 Å². The van der Waals surface area contributed by atoms with Crippen LogP contribution in [0, 0.1) is 11.3 Å². The minimum Gasteiger partial charge on any atom is -0.394 e. The molecule has 0 radical (unpaired) electrons. The smallest absolute Gasteiger partial charge is 0.179 e. The van der Waals surface area contributed by atoms with Crippen molar-refractivity contribution in [3.05, 3.63) is 0 Å². The maximum atomic E-state index is 8.71. The lowest BCUT2D eigenvalue weighted by molar-refractivity contribution is -0.0236. The molecule has 62 valence electrons. The van der Waals surface area contributed by atoms with E-state index in [0.29, 0.717) is 19.6 Å². The second kappa shape index (κ2) is 3.67. The van der Waals surface area contributed by atoms with E-state index in [2.05, 4.69) is 6.07 Å². The zero-order valence-corrected chi connectivity index (χ0v) is 6.25. The highest BCUT2D eigenvalue weighted by Crippen LogP contribution is 2.21. The zero-order valence-electron chi connectivity index (χ0n) is 6.25. The first-order chi connectivity index (χ1) is 5.33. The fourth-order valence-electron chi connectivity index (χ4n) is 1.02. The summed E-state index contributed by atoms with van der Waals surface area (Å²) in [6, 6.07) is 2.05. The van der Waals surface area contributed by atoms with Crippen LogP contribution in [0.1, 0.15) is 6.42 Å². The molecule has 1 saturated heterocycles. The van der Waals surface area contributed by atoms with Crippen LogP contribution in [-0.2, 0) is 9.47 Å². The van der Waals surface area contributed by atoms with Gasteiger partial charge in [-0.2, -0.15) is 5.26 Å². The molecule has 1 atom stereocenters. The molecule has 0 aliphatic carbocycles. The molecule has 0 saturated carbocycles. The van der Waals surface area contributed by atoms with Gasteiger partial charge in [0, 0.05) is 6.42 Å². The Hall–Kier alpha value is -0.630. The average molecular weight is 157 g/mol. The van der Waals surface area contributed by atoms with Crippen molar-refractivity contribution in [2.45, 2.75) is 12.0 Å². The van der Waals surface area contributed by atoms with Crippen LogP contribution in [0.2, 0.25) is 0 Å². The van der Waals surface area contributed by atoms with Gasteiger partial charge < -0.3 is 14.6 Å². The van der Waals surface area contributed by atoms with Crippen molar-refractivity contribution in [2.24, 2.45) is 0 Å². The molecule has 4 heteroatoms. The molecule has 1 fully saturated rings. The van der Waals surface area contributed by atoms with E-state index in [-0.39, 0.29) is 13.2 Å². The second-order valence-electron chi connectivity index (χ2n) is 2.48. The zero-order chi connectivity index (χ0) is 8.16. The number of ether oxygens (including phenoxy) is 2. The highest BCUT2D eigenvalue weighted by Gasteiger charge is 2.35. The Labute approximate surface area is 65.3 Å². The van der Waals surface area contributed by atoms with Gasteiger partial charge in [0.15, 0.2) is 5.60 Å².